The molecule has 0 bridgehead atoms. The predicted molar refractivity (Wildman–Crippen MR) is 109 cm³/mol. The number of ether oxygens (including phenoxy) is 2. The van der Waals surface area contributed by atoms with E-state index in [-0.39, 0.29) is 17.9 Å². The molecule has 2 aromatic rings. The molecule has 9 heteroatoms. The summed E-state index contributed by atoms with van der Waals surface area (Å²) in [4.78, 5) is 13.9. The number of para-hydroxylation sites is 2. The highest BCUT2D eigenvalue weighted by molar-refractivity contribution is 7.88. The first-order valence-electron chi connectivity index (χ1n) is 9.23. The van der Waals surface area contributed by atoms with Crippen LogP contribution in [-0.4, -0.2) is 52.7 Å². The third-order valence-corrected chi connectivity index (χ3v) is 5.86. The Balaban J connectivity index is 1.47. The standard InChI is InChI=1S/C20H25N3O5S/c1-21-29(25,26)14-16-9-7-15(8-10-16)11-22-20(24)23(2)12-17-13-27-18-5-3-4-6-19(18)28-17/h3-10,17,21H,11-14H2,1-2H3,(H,22,24)/t17-/m0/s1. The summed E-state index contributed by atoms with van der Waals surface area (Å²) in [5.41, 5.74) is 1.56. The van der Waals surface area contributed by atoms with E-state index in [0.717, 1.165) is 5.56 Å². The van der Waals surface area contributed by atoms with Crippen molar-refractivity contribution in [1.82, 2.24) is 14.9 Å². The molecule has 0 saturated heterocycles. The number of sulfonamides is 1. The second-order valence-corrected chi connectivity index (χ2v) is 8.74. The molecule has 0 saturated carbocycles. The summed E-state index contributed by atoms with van der Waals surface area (Å²) in [5.74, 6) is 1.31. The lowest BCUT2D eigenvalue weighted by Gasteiger charge is -2.29. The van der Waals surface area contributed by atoms with E-state index >= 15 is 0 Å². The van der Waals surface area contributed by atoms with E-state index in [1.165, 1.54) is 7.05 Å². The van der Waals surface area contributed by atoms with E-state index in [1.807, 2.05) is 24.3 Å². The van der Waals surface area contributed by atoms with Crippen LogP contribution in [0.4, 0.5) is 4.79 Å². The van der Waals surface area contributed by atoms with Gasteiger partial charge in [0, 0.05) is 13.6 Å². The summed E-state index contributed by atoms with van der Waals surface area (Å²) in [6.45, 7) is 1.11. The molecule has 0 fully saturated rings. The van der Waals surface area contributed by atoms with E-state index < -0.39 is 10.0 Å². The fourth-order valence-corrected chi connectivity index (χ4v) is 3.67. The lowest BCUT2D eigenvalue weighted by molar-refractivity contribution is 0.0715. The van der Waals surface area contributed by atoms with E-state index in [9.17, 15) is 13.2 Å². The third-order valence-electron chi connectivity index (χ3n) is 4.53. The van der Waals surface area contributed by atoms with Gasteiger partial charge in [-0.25, -0.2) is 17.9 Å². The molecule has 2 amide bonds. The van der Waals surface area contributed by atoms with Gasteiger partial charge in [0.15, 0.2) is 17.6 Å². The number of urea groups is 1. The minimum absolute atomic E-state index is 0.0779. The van der Waals surface area contributed by atoms with Crippen LogP contribution in [0, 0.1) is 0 Å². The largest absolute Gasteiger partial charge is 0.486 e. The molecule has 29 heavy (non-hydrogen) atoms. The normalized spacial score (nSPS) is 15.6. The summed E-state index contributed by atoms with van der Waals surface area (Å²) in [5, 5.41) is 2.85. The van der Waals surface area contributed by atoms with Crippen LogP contribution >= 0.6 is 0 Å². The van der Waals surface area contributed by atoms with Gasteiger partial charge in [0.25, 0.3) is 0 Å². The molecular weight excluding hydrogens is 394 g/mol. The molecular formula is C20H25N3O5S. The second kappa shape index (κ2) is 9.15. The van der Waals surface area contributed by atoms with E-state index in [1.54, 1.807) is 36.2 Å². The zero-order valence-corrected chi connectivity index (χ0v) is 17.2. The third kappa shape index (κ3) is 5.85. The monoisotopic (exact) mass is 419 g/mol. The van der Waals surface area contributed by atoms with Crippen molar-refractivity contribution in [2.45, 2.75) is 18.4 Å². The molecule has 1 atom stereocenters. The molecule has 0 aliphatic carbocycles. The summed E-state index contributed by atoms with van der Waals surface area (Å²) in [6.07, 6.45) is -0.242. The zero-order valence-electron chi connectivity index (χ0n) is 16.4. The van der Waals surface area contributed by atoms with Crippen LogP contribution in [-0.2, 0) is 22.3 Å². The molecule has 3 rings (SSSR count). The average molecular weight is 420 g/mol. The number of likely N-dealkylation sites (N-methyl/N-ethyl adjacent to an activating group) is 1. The molecule has 1 aliphatic heterocycles. The molecule has 0 aromatic heterocycles. The molecule has 0 radical (unpaired) electrons. The van der Waals surface area contributed by atoms with E-state index in [2.05, 4.69) is 10.0 Å². The minimum Gasteiger partial charge on any atom is -0.486 e. The molecule has 0 unspecified atom stereocenters. The highest BCUT2D eigenvalue weighted by atomic mass is 32.2. The van der Waals surface area contributed by atoms with E-state index in [0.29, 0.717) is 36.8 Å². The number of carbonyl (C=O) groups excluding carboxylic acids is 1. The molecule has 2 N–H and O–H groups in total. The second-order valence-electron chi connectivity index (χ2n) is 6.82. The maximum Gasteiger partial charge on any atom is 0.317 e. The number of rotatable bonds is 7. The van der Waals surface area contributed by atoms with Crippen LogP contribution in [0.5, 0.6) is 11.5 Å². The Morgan fingerprint density at radius 2 is 1.76 bits per heavy atom. The molecule has 2 aromatic carbocycles. The van der Waals surface area contributed by atoms with Crippen molar-refractivity contribution >= 4 is 16.1 Å². The van der Waals surface area contributed by atoms with Gasteiger partial charge in [-0.05, 0) is 30.3 Å². The van der Waals surface area contributed by atoms with E-state index in [4.69, 9.17) is 9.47 Å². The Morgan fingerprint density at radius 3 is 2.45 bits per heavy atom. The van der Waals surface area contributed by atoms with Crippen molar-refractivity contribution < 1.29 is 22.7 Å². The van der Waals surface area contributed by atoms with Gasteiger partial charge in [0.1, 0.15) is 6.61 Å². The quantitative estimate of drug-likeness (QED) is 0.712. The Bertz CT molecular complexity index is 947. The van der Waals surface area contributed by atoms with Gasteiger partial charge in [-0.15, -0.1) is 0 Å². The maximum absolute atomic E-state index is 12.4. The van der Waals surface area contributed by atoms with Crippen molar-refractivity contribution in [3.63, 3.8) is 0 Å². The lowest BCUT2D eigenvalue weighted by Crippen LogP contribution is -2.45. The maximum atomic E-state index is 12.4. The number of carbonyl (C=O) groups is 1. The number of hydrogen-bond acceptors (Lipinski definition) is 5. The summed E-state index contributed by atoms with van der Waals surface area (Å²) in [6, 6.07) is 14.3. The van der Waals surface area contributed by atoms with Gasteiger partial charge >= 0.3 is 6.03 Å². The van der Waals surface area contributed by atoms with Crippen molar-refractivity contribution in [2.24, 2.45) is 0 Å². The summed E-state index contributed by atoms with van der Waals surface area (Å²) in [7, 11) is -0.216. The molecule has 1 aliphatic rings. The summed E-state index contributed by atoms with van der Waals surface area (Å²) >= 11 is 0. The van der Waals surface area contributed by atoms with Crippen LogP contribution in [0.1, 0.15) is 11.1 Å². The number of hydrogen-bond donors (Lipinski definition) is 2. The van der Waals surface area contributed by atoms with Gasteiger partial charge in [0.2, 0.25) is 10.0 Å². The van der Waals surface area contributed by atoms with Crippen LogP contribution in [0.15, 0.2) is 48.5 Å². The number of amides is 2. The van der Waals surface area contributed by atoms with Gasteiger partial charge in [-0.1, -0.05) is 36.4 Å². The molecule has 8 nitrogen and oxygen atoms in total. The fraction of sp³-hybridized carbons (Fsp3) is 0.350. The first kappa shape index (κ1) is 20.9. The highest BCUT2D eigenvalue weighted by Crippen LogP contribution is 2.30. The first-order chi connectivity index (χ1) is 13.9. The van der Waals surface area contributed by atoms with Crippen LogP contribution in [0.25, 0.3) is 0 Å². The van der Waals surface area contributed by atoms with Crippen molar-refractivity contribution in [3.8, 4) is 11.5 Å². The number of benzene rings is 2. The fourth-order valence-electron chi connectivity index (χ4n) is 2.90. The SMILES string of the molecule is CNS(=O)(=O)Cc1ccc(CNC(=O)N(C)C[C@H]2COc3ccccc3O2)cc1. The first-order valence-corrected chi connectivity index (χ1v) is 10.9. The Hall–Kier alpha value is -2.78. The summed E-state index contributed by atoms with van der Waals surface area (Å²) < 4.78 is 37.0. The van der Waals surface area contributed by atoms with Crippen molar-refractivity contribution in [3.05, 3.63) is 59.7 Å². The van der Waals surface area contributed by atoms with Gasteiger partial charge in [0.05, 0.1) is 12.3 Å². The number of fused-ring (bicyclic) bond motifs is 1. The van der Waals surface area contributed by atoms with Crippen molar-refractivity contribution in [1.29, 1.82) is 0 Å². The minimum atomic E-state index is -3.30. The van der Waals surface area contributed by atoms with Crippen LogP contribution < -0.4 is 19.5 Å². The molecule has 156 valence electrons. The number of nitrogens with one attached hydrogen (secondary N) is 2. The smallest absolute Gasteiger partial charge is 0.317 e. The van der Waals surface area contributed by atoms with Crippen LogP contribution in [0.3, 0.4) is 0 Å². The highest BCUT2D eigenvalue weighted by Gasteiger charge is 2.23. The predicted octanol–water partition coefficient (Wildman–Crippen LogP) is 1.72. The van der Waals surface area contributed by atoms with Crippen LogP contribution in [0.2, 0.25) is 0 Å². The van der Waals surface area contributed by atoms with Gasteiger partial charge < -0.3 is 19.7 Å². The Kier molecular flexibility index (Phi) is 6.60. The van der Waals surface area contributed by atoms with Gasteiger partial charge in [-0.3, -0.25) is 0 Å². The molecule has 0 spiro atoms. The van der Waals surface area contributed by atoms with Gasteiger partial charge in [-0.2, -0.15) is 0 Å². The molecule has 1 heterocycles. The van der Waals surface area contributed by atoms with Crippen molar-refractivity contribution in [2.75, 3.05) is 27.2 Å². The zero-order chi connectivity index (χ0) is 20.9. The number of nitrogens with zero attached hydrogens (tertiary/aromatic N) is 1. The topological polar surface area (TPSA) is 97.0 Å². The lowest BCUT2D eigenvalue weighted by atomic mass is 10.1. The Morgan fingerprint density at radius 1 is 1.10 bits per heavy atom. The average Bonchev–Trinajstić information content (AvgIpc) is 2.72. The Labute approximate surface area is 170 Å².